The summed E-state index contributed by atoms with van der Waals surface area (Å²) in [4.78, 5) is 3.90. The van der Waals surface area contributed by atoms with Crippen molar-refractivity contribution in [2.75, 3.05) is 0 Å². The fourth-order valence-corrected chi connectivity index (χ4v) is 3.03. The van der Waals surface area contributed by atoms with Gasteiger partial charge in [-0.25, -0.2) is 22.8 Å². The zero-order valence-corrected chi connectivity index (χ0v) is 14.3. The first-order valence-electron chi connectivity index (χ1n) is 7.74. The van der Waals surface area contributed by atoms with E-state index >= 15 is 0 Å². The van der Waals surface area contributed by atoms with E-state index in [0.29, 0.717) is 6.54 Å². The molecule has 0 aliphatic heterocycles. The van der Waals surface area contributed by atoms with Gasteiger partial charge in [0.15, 0.2) is 0 Å². The van der Waals surface area contributed by atoms with Crippen molar-refractivity contribution < 1.29 is 8.42 Å². The summed E-state index contributed by atoms with van der Waals surface area (Å²) in [6, 6.07) is 17.0. The Hall–Kier alpha value is -2.77. The molecule has 1 heterocycles. The van der Waals surface area contributed by atoms with Crippen molar-refractivity contribution in [2.45, 2.75) is 13.1 Å². The average Bonchev–Trinajstić information content (AvgIpc) is 3.14. The molecule has 0 spiro atoms. The van der Waals surface area contributed by atoms with Gasteiger partial charge in [-0.3, -0.25) is 0 Å². The van der Waals surface area contributed by atoms with Crippen molar-refractivity contribution in [2.24, 2.45) is 0 Å². The molecule has 2 aromatic carbocycles. The lowest BCUT2D eigenvalue weighted by Crippen LogP contribution is -2.20. The maximum absolute atomic E-state index is 12.0. The fourth-order valence-electron chi connectivity index (χ4n) is 2.23. The zero-order chi connectivity index (χ0) is 17.5. The number of nitrogens with one attached hydrogen (secondary N) is 1. The van der Waals surface area contributed by atoms with Gasteiger partial charge in [-0.05, 0) is 22.8 Å². The molecule has 0 saturated heterocycles. The lowest BCUT2D eigenvalue weighted by atomic mass is 10.1. The number of benzene rings is 2. The van der Waals surface area contributed by atoms with Gasteiger partial charge in [-0.2, -0.15) is 5.10 Å². The summed E-state index contributed by atoms with van der Waals surface area (Å²) in [5.41, 5.74) is 2.80. The largest absolute Gasteiger partial charge is 0.249 e. The maximum atomic E-state index is 12.0. The Morgan fingerprint density at radius 2 is 1.72 bits per heavy atom. The van der Waals surface area contributed by atoms with E-state index in [1.54, 1.807) is 17.1 Å². The highest BCUT2D eigenvalue weighted by atomic mass is 32.2. The quantitative estimate of drug-likeness (QED) is 0.707. The van der Waals surface area contributed by atoms with Crippen LogP contribution in [0.1, 0.15) is 16.7 Å². The first-order chi connectivity index (χ1) is 12.1. The smallest absolute Gasteiger partial charge is 0.234 e. The Morgan fingerprint density at radius 1 is 1.00 bits per heavy atom. The van der Waals surface area contributed by atoms with Gasteiger partial charge in [0.2, 0.25) is 10.0 Å². The minimum atomic E-state index is -3.48. The predicted octanol–water partition coefficient (Wildman–Crippen LogP) is 2.42. The molecule has 0 bridgehead atoms. The molecular formula is C18H18N4O2S. The van der Waals surface area contributed by atoms with E-state index in [2.05, 4.69) is 14.8 Å². The summed E-state index contributed by atoms with van der Waals surface area (Å²) in [6.45, 7) is 0.872. The second kappa shape index (κ2) is 7.87. The summed E-state index contributed by atoms with van der Waals surface area (Å²) in [6.07, 6.45) is 4.72. The van der Waals surface area contributed by atoms with Crippen molar-refractivity contribution in [3.8, 4) is 0 Å². The standard InChI is InChI=1S/C18H18N4O2S/c23-25(24,11-10-16-4-2-1-3-5-16)21-12-17-6-8-18(9-7-17)13-22-15-19-14-20-22/h1-11,14-15,21H,12-13H2. The third-order valence-corrected chi connectivity index (χ3v) is 4.59. The molecule has 128 valence electrons. The summed E-state index contributed by atoms with van der Waals surface area (Å²) in [7, 11) is -3.48. The molecule has 6 nitrogen and oxygen atoms in total. The lowest BCUT2D eigenvalue weighted by Gasteiger charge is -2.05. The Labute approximate surface area is 146 Å². The van der Waals surface area contributed by atoms with Gasteiger partial charge in [0.25, 0.3) is 0 Å². The van der Waals surface area contributed by atoms with Crippen LogP contribution in [0.2, 0.25) is 0 Å². The van der Waals surface area contributed by atoms with Crippen LogP contribution in [0.15, 0.2) is 72.7 Å². The average molecular weight is 354 g/mol. The minimum absolute atomic E-state index is 0.241. The second-order valence-corrected chi connectivity index (χ2v) is 7.14. The van der Waals surface area contributed by atoms with Crippen LogP contribution >= 0.6 is 0 Å². The van der Waals surface area contributed by atoms with Crippen LogP contribution in [-0.4, -0.2) is 23.2 Å². The Bertz CT molecular complexity index is 919. The predicted molar refractivity (Wildman–Crippen MR) is 96.8 cm³/mol. The molecule has 1 N–H and O–H groups in total. The summed E-state index contributed by atoms with van der Waals surface area (Å²) >= 11 is 0. The van der Waals surface area contributed by atoms with Crippen LogP contribution < -0.4 is 4.72 Å². The van der Waals surface area contributed by atoms with Gasteiger partial charge in [0.1, 0.15) is 12.7 Å². The fraction of sp³-hybridized carbons (Fsp3) is 0.111. The minimum Gasteiger partial charge on any atom is -0.249 e. The number of sulfonamides is 1. The molecule has 0 fully saturated rings. The highest BCUT2D eigenvalue weighted by Gasteiger charge is 2.05. The molecule has 0 atom stereocenters. The van der Waals surface area contributed by atoms with Crippen LogP contribution in [0.5, 0.6) is 0 Å². The molecule has 1 aromatic heterocycles. The molecule has 0 amide bonds. The van der Waals surface area contributed by atoms with Gasteiger partial charge in [0.05, 0.1) is 6.54 Å². The Kier molecular flexibility index (Phi) is 5.37. The Balaban J connectivity index is 1.56. The number of aromatic nitrogens is 3. The highest BCUT2D eigenvalue weighted by Crippen LogP contribution is 2.07. The van der Waals surface area contributed by atoms with Gasteiger partial charge in [-0.1, -0.05) is 54.6 Å². The second-order valence-electron chi connectivity index (χ2n) is 5.49. The molecule has 0 unspecified atom stereocenters. The first kappa shape index (κ1) is 17.1. The van der Waals surface area contributed by atoms with Crippen molar-refractivity contribution >= 4 is 16.1 Å². The summed E-state index contributed by atoms with van der Waals surface area (Å²) in [5, 5.41) is 5.24. The number of hydrogen-bond acceptors (Lipinski definition) is 4. The molecule has 0 aliphatic rings. The maximum Gasteiger partial charge on any atom is 0.234 e. The van der Waals surface area contributed by atoms with E-state index in [9.17, 15) is 8.42 Å². The molecule has 7 heteroatoms. The van der Waals surface area contributed by atoms with Gasteiger partial charge < -0.3 is 0 Å². The molecule has 0 radical (unpaired) electrons. The highest BCUT2D eigenvalue weighted by molar-refractivity contribution is 7.92. The molecule has 0 saturated carbocycles. The lowest BCUT2D eigenvalue weighted by molar-refractivity contribution is 0.591. The molecule has 25 heavy (non-hydrogen) atoms. The van der Waals surface area contributed by atoms with Crippen molar-refractivity contribution in [3.05, 3.63) is 89.4 Å². The van der Waals surface area contributed by atoms with E-state index < -0.39 is 10.0 Å². The van der Waals surface area contributed by atoms with Crippen LogP contribution in [-0.2, 0) is 23.1 Å². The normalized spacial score (nSPS) is 11.8. The zero-order valence-electron chi connectivity index (χ0n) is 13.5. The molecule has 3 aromatic rings. The number of nitrogens with zero attached hydrogens (tertiary/aromatic N) is 3. The summed E-state index contributed by atoms with van der Waals surface area (Å²) in [5.74, 6) is 0. The van der Waals surface area contributed by atoms with Crippen LogP contribution in [0.25, 0.3) is 6.08 Å². The SMILES string of the molecule is O=S(=O)(C=Cc1ccccc1)NCc1ccc(Cn2cncn2)cc1. The third-order valence-electron chi connectivity index (χ3n) is 3.55. The van der Waals surface area contributed by atoms with Gasteiger partial charge in [-0.15, -0.1) is 0 Å². The van der Waals surface area contributed by atoms with E-state index in [-0.39, 0.29) is 6.54 Å². The first-order valence-corrected chi connectivity index (χ1v) is 9.28. The molecule has 3 rings (SSSR count). The van der Waals surface area contributed by atoms with Gasteiger partial charge >= 0.3 is 0 Å². The van der Waals surface area contributed by atoms with E-state index in [1.165, 1.54) is 11.7 Å². The number of rotatable bonds is 7. The molecular weight excluding hydrogens is 336 g/mol. The van der Waals surface area contributed by atoms with Crippen LogP contribution in [0.3, 0.4) is 0 Å². The van der Waals surface area contributed by atoms with Crippen molar-refractivity contribution in [1.29, 1.82) is 0 Å². The summed E-state index contributed by atoms with van der Waals surface area (Å²) < 4.78 is 28.4. The van der Waals surface area contributed by atoms with E-state index in [0.717, 1.165) is 16.7 Å². The van der Waals surface area contributed by atoms with Crippen molar-refractivity contribution in [3.63, 3.8) is 0 Å². The van der Waals surface area contributed by atoms with Crippen LogP contribution in [0.4, 0.5) is 0 Å². The third kappa shape index (κ3) is 5.37. The molecule has 0 aliphatic carbocycles. The monoisotopic (exact) mass is 354 g/mol. The van der Waals surface area contributed by atoms with E-state index in [4.69, 9.17) is 0 Å². The van der Waals surface area contributed by atoms with Crippen LogP contribution in [0, 0.1) is 0 Å². The van der Waals surface area contributed by atoms with E-state index in [1.807, 2.05) is 54.6 Å². The van der Waals surface area contributed by atoms with Crippen molar-refractivity contribution in [1.82, 2.24) is 19.5 Å². The Morgan fingerprint density at radius 3 is 2.40 bits per heavy atom. The number of hydrogen-bond donors (Lipinski definition) is 1. The van der Waals surface area contributed by atoms with Gasteiger partial charge in [0, 0.05) is 12.0 Å². The topological polar surface area (TPSA) is 76.9 Å².